The lowest BCUT2D eigenvalue weighted by molar-refractivity contribution is -0.116. The van der Waals surface area contributed by atoms with Gasteiger partial charge in [-0.1, -0.05) is 18.2 Å². The van der Waals surface area contributed by atoms with Gasteiger partial charge in [0.05, 0.1) is 24.2 Å². The van der Waals surface area contributed by atoms with Crippen LogP contribution in [-0.2, 0) is 19.6 Å². The Morgan fingerprint density at radius 3 is 2.26 bits per heavy atom. The minimum atomic E-state index is -3.80. The molecule has 0 radical (unpaired) electrons. The number of hydrogen-bond donors (Lipinski definition) is 2. The fourth-order valence-electron chi connectivity index (χ4n) is 2.56. The highest BCUT2D eigenvalue weighted by atomic mass is 32.2. The Hall–Kier alpha value is -3.11. The zero-order chi connectivity index (χ0) is 23.2. The highest BCUT2D eigenvalue weighted by Crippen LogP contribution is 2.28. The highest BCUT2D eigenvalue weighted by molar-refractivity contribution is 7.89. The summed E-state index contributed by atoms with van der Waals surface area (Å²) in [5.41, 5.74) is -0.0417. The van der Waals surface area contributed by atoms with Crippen molar-refractivity contribution in [2.45, 2.75) is 31.3 Å². The molecule has 0 fully saturated rings. The van der Waals surface area contributed by atoms with Crippen LogP contribution in [0, 0.1) is 0 Å². The maximum absolute atomic E-state index is 12.6. The van der Waals surface area contributed by atoms with Crippen molar-refractivity contribution in [1.82, 2.24) is 4.31 Å². The van der Waals surface area contributed by atoms with Crippen LogP contribution in [0.4, 0.5) is 16.2 Å². The maximum atomic E-state index is 12.6. The maximum Gasteiger partial charge on any atom is 0.412 e. The van der Waals surface area contributed by atoms with Crippen LogP contribution in [0.5, 0.6) is 5.75 Å². The molecule has 2 aromatic carbocycles. The van der Waals surface area contributed by atoms with Crippen LogP contribution in [0.1, 0.15) is 20.8 Å². The van der Waals surface area contributed by atoms with Gasteiger partial charge >= 0.3 is 6.09 Å². The molecule has 2 rings (SSSR count). The van der Waals surface area contributed by atoms with Crippen LogP contribution in [0.15, 0.2) is 53.4 Å². The molecule has 0 unspecified atom stereocenters. The molecule has 10 heteroatoms. The second-order valence-corrected chi connectivity index (χ2v) is 9.71. The first-order valence-electron chi connectivity index (χ1n) is 9.41. The predicted octanol–water partition coefficient (Wildman–Crippen LogP) is 3.30. The van der Waals surface area contributed by atoms with Gasteiger partial charge in [0, 0.05) is 12.7 Å². The SMILES string of the molecule is COc1ccc(NC(=O)CN(C)S(=O)(=O)c2ccccc2)cc1NC(=O)OC(C)(C)C. The minimum absolute atomic E-state index is 0.0959. The van der Waals surface area contributed by atoms with Crippen molar-refractivity contribution in [2.24, 2.45) is 0 Å². The molecule has 9 nitrogen and oxygen atoms in total. The van der Waals surface area contributed by atoms with Crippen molar-refractivity contribution in [3.05, 3.63) is 48.5 Å². The summed E-state index contributed by atoms with van der Waals surface area (Å²) < 4.78 is 36.5. The summed E-state index contributed by atoms with van der Waals surface area (Å²) in [4.78, 5) is 24.6. The number of carbonyl (C=O) groups excluding carboxylic acids is 2. The van der Waals surface area contributed by atoms with Crippen LogP contribution in [0.25, 0.3) is 0 Å². The number of anilines is 2. The molecule has 31 heavy (non-hydrogen) atoms. The summed E-state index contributed by atoms with van der Waals surface area (Å²) in [7, 11) is -1.03. The van der Waals surface area contributed by atoms with E-state index in [-0.39, 0.29) is 4.90 Å². The largest absolute Gasteiger partial charge is 0.495 e. The molecule has 0 heterocycles. The van der Waals surface area contributed by atoms with E-state index in [9.17, 15) is 18.0 Å². The van der Waals surface area contributed by atoms with Crippen LogP contribution in [0.3, 0.4) is 0 Å². The van der Waals surface area contributed by atoms with E-state index in [1.54, 1.807) is 51.1 Å². The molecule has 0 atom stereocenters. The van der Waals surface area contributed by atoms with E-state index in [4.69, 9.17) is 9.47 Å². The van der Waals surface area contributed by atoms with Gasteiger partial charge in [0.15, 0.2) is 0 Å². The minimum Gasteiger partial charge on any atom is -0.495 e. The van der Waals surface area contributed by atoms with Crippen LogP contribution in [0.2, 0.25) is 0 Å². The Morgan fingerprint density at radius 2 is 1.68 bits per heavy atom. The summed E-state index contributed by atoms with van der Waals surface area (Å²) in [6, 6.07) is 12.5. The number of hydrogen-bond acceptors (Lipinski definition) is 6. The van der Waals surface area contributed by atoms with Gasteiger partial charge in [-0.25, -0.2) is 13.2 Å². The third kappa shape index (κ3) is 6.97. The molecule has 0 saturated heterocycles. The normalized spacial score (nSPS) is 11.7. The van der Waals surface area contributed by atoms with E-state index in [1.165, 1.54) is 32.4 Å². The molecule has 0 aliphatic carbocycles. The number of rotatable bonds is 7. The van der Waals surface area contributed by atoms with Crippen molar-refractivity contribution >= 4 is 33.4 Å². The average Bonchev–Trinajstić information content (AvgIpc) is 2.67. The Bertz CT molecular complexity index is 1030. The van der Waals surface area contributed by atoms with Gasteiger partial charge in [-0.05, 0) is 51.1 Å². The molecule has 0 saturated carbocycles. The zero-order valence-electron chi connectivity index (χ0n) is 18.1. The van der Waals surface area contributed by atoms with Crippen molar-refractivity contribution in [2.75, 3.05) is 31.3 Å². The van der Waals surface area contributed by atoms with Crippen LogP contribution < -0.4 is 15.4 Å². The Labute approximate surface area is 182 Å². The highest BCUT2D eigenvalue weighted by Gasteiger charge is 2.23. The molecule has 0 aliphatic heterocycles. The molecule has 2 aromatic rings. The quantitative estimate of drug-likeness (QED) is 0.670. The summed E-state index contributed by atoms with van der Waals surface area (Å²) in [5.74, 6) is -0.178. The molecule has 0 aliphatic rings. The number of nitrogens with one attached hydrogen (secondary N) is 2. The number of nitrogens with zero attached hydrogens (tertiary/aromatic N) is 1. The summed E-state index contributed by atoms with van der Waals surface area (Å²) >= 11 is 0. The number of sulfonamides is 1. The lowest BCUT2D eigenvalue weighted by Gasteiger charge is -2.20. The van der Waals surface area contributed by atoms with Crippen molar-refractivity contribution in [3.63, 3.8) is 0 Å². The first kappa shape index (κ1) is 24.2. The smallest absolute Gasteiger partial charge is 0.412 e. The summed E-state index contributed by atoms with van der Waals surface area (Å²) in [5, 5.41) is 5.19. The van der Waals surface area contributed by atoms with Gasteiger partial charge in [0.2, 0.25) is 15.9 Å². The van der Waals surface area contributed by atoms with Gasteiger partial charge in [0.1, 0.15) is 11.4 Å². The standard InChI is InChI=1S/C21H27N3O6S/c1-21(2,3)30-20(26)23-17-13-15(11-12-18(17)29-5)22-19(25)14-24(4)31(27,28)16-9-7-6-8-10-16/h6-13H,14H2,1-5H3,(H,22,25)(H,23,26). The van der Waals surface area contributed by atoms with Crippen LogP contribution in [-0.4, -0.2) is 51.0 Å². The van der Waals surface area contributed by atoms with E-state index in [0.29, 0.717) is 17.1 Å². The van der Waals surface area contributed by atoms with Gasteiger partial charge in [-0.15, -0.1) is 0 Å². The first-order valence-corrected chi connectivity index (χ1v) is 10.9. The monoisotopic (exact) mass is 449 g/mol. The molecule has 2 N–H and O–H groups in total. The van der Waals surface area contributed by atoms with Crippen molar-refractivity contribution in [3.8, 4) is 5.75 Å². The van der Waals surface area contributed by atoms with Gasteiger partial charge in [-0.3, -0.25) is 10.1 Å². The Balaban J connectivity index is 2.10. The zero-order valence-corrected chi connectivity index (χ0v) is 18.9. The number of carbonyl (C=O) groups is 2. The molecule has 168 valence electrons. The third-order valence-corrected chi connectivity index (χ3v) is 5.75. The van der Waals surface area contributed by atoms with E-state index in [0.717, 1.165) is 4.31 Å². The van der Waals surface area contributed by atoms with E-state index in [1.807, 2.05) is 0 Å². The average molecular weight is 450 g/mol. The Kier molecular flexibility index (Phi) is 7.64. The fraction of sp³-hybridized carbons (Fsp3) is 0.333. The van der Waals surface area contributed by atoms with Gasteiger partial charge < -0.3 is 14.8 Å². The lowest BCUT2D eigenvalue weighted by Crippen LogP contribution is -2.35. The number of benzene rings is 2. The number of likely N-dealkylation sites (N-methyl/N-ethyl adjacent to an activating group) is 1. The predicted molar refractivity (Wildman–Crippen MR) is 118 cm³/mol. The number of methoxy groups -OCH3 is 1. The van der Waals surface area contributed by atoms with Crippen LogP contribution >= 0.6 is 0 Å². The molecular weight excluding hydrogens is 422 g/mol. The number of amides is 2. The molecule has 0 aromatic heterocycles. The van der Waals surface area contributed by atoms with E-state index in [2.05, 4.69) is 10.6 Å². The fourth-order valence-corrected chi connectivity index (χ4v) is 3.71. The summed E-state index contributed by atoms with van der Waals surface area (Å²) in [6.45, 7) is 4.82. The molecule has 2 amide bonds. The molecule has 0 spiro atoms. The van der Waals surface area contributed by atoms with Crippen molar-refractivity contribution < 1.29 is 27.5 Å². The molecule has 0 bridgehead atoms. The van der Waals surface area contributed by atoms with Gasteiger partial charge in [-0.2, -0.15) is 4.31 Å². The lowest BCUT2D eigenvalue weighted by atomic mass is 10.2. The first-order chi connectivity index (χ1) is 14.4. The third-order valence-electron chi connectivity index (χ3n) is 3.94. The van der Waals surface area contributed by atoms with Gasteiger partial charge in [0.25, 0.3) is 0 Å². The Morgan fingerprint density at radius 1 is 1.03 bits per heavy atom. The second-order valence-electron chi connectivity index (χ2n) is 7.66. The number of ether oxygens (including phenoxy) is 2. The second kappa shape index (κ2) is 9.80. The molecular formula is C21H27N3O6S. The van der Waals surface area contributed by atoms with E-state index >= 15 is 0 Å². The van der Waals surface area contributed by atoms with Crippen molar-refractivity contribution in [1.29, 1.82) is 0 Å². The summed E-state index contributed by atoms with van der Waals surface area (Å²) in [6.07, 6.45) is -0.678. The van der Waals surface area contributed by atoms with E-state index < -0.39 is 34.2 Å². The topological polar surface area (TPSA) is 114 Å².